The summed E-state index contributed by atoms with van der Waals surface area (Å²) in [7, 11) is 1.89. The summed E-state index contributed by atoms with van der Waals surface area (Å²) in [6, 6.07) is 12.0. The highest BCUT2D eigenvalue weighted by Gasteiger charge is 2.11. The molecule has 0 atom stereocenters. The predicted molar refractivity (Wildman–Crippen MR) is 95.3 cm³/mol. The molecule has 2 rings (SSSR count). The quantitative estimate of drug-likeness (QED) is 0.749. The zero-order valence-electron chi connectivity index (χ0n) is 14.5. The molecule has 0 amide bonds. The Bertz CT molecular complexity index is 686. The summed E-state index contributed by atoms with van der Waals surface area (Å²) >= 11 is 0. The highest BCUT2D eigenvalue weighted by molar-refractivity contribution is 5.70. The van der Waals surface area contributed by atoms with Gasteiger partial charge in [-0.1, -0.05) is 18.2 Å². The molecular formula is C19H24N2O3. The Kier molecular flexibility index (Phi) is 6.61. The van der Waals surface area contributed by atoms with Gasteiger partial charge in [-0.15, -0.1) is 0 Å². The van der Waals surface area contributed by atoms with Crippen molar-refractivity contribution in [2.75, 3.05) is 25.6 Å². The highest BCUT2D eigenvalue weighted by Crippen LogP contribution is 2.26. The fourth-order valence-corrected chi connectivity index (χ4v) is 2.39. The Balaban J connectivity index is 2.23. The minimum atomic E-state index is -0.203. The molecule has 0 bridgehead atoms. The number of carbonyl (C=O) groups is 1. The maximum atomic E-state index is 11.6. The minimum absolute atomic E-state index is 0.203. The number of carbonyl (C=O) groups excluding carboxylic acids is 1. The Morgan fingerprint density at radius 2 is 2.00 bits per heavy atom. The summed E-state index contributed by atoms with van der Waals surface area (Å²) in [5.41, 5.74) is 3.80. The molecule has 1 N–H and O–H groups in total. The molecule has 0 unspecified atom stereocenters. The van der Waals surface area contributed by atoms with E-state index >= 15 is 0 Å². The normalized spacial score (nSPS) is 10.3. The molecule has 0 aliphatic carbocycles. The Morgan fingerprint density at radius 1 is 1.17 bits per heavy atom. The lowest BCUT2D eigenvalue weighted by molar-refractivity contribution is -0.143. The molecule has 24 heavy (non-hydrogen) atoms. The van der Waals surface area contributed by atoms with Gasteiger partial charge in [-0.05, 0) is 38.5 Å². The van der Waals surface area contributed by atoms with Crippen LogP contribution < -0.4 is 10.1 Å². The number of esters is 1. The number of hydrogen-bond acceptors (Lipinski definition) is 5. The van der Waals surface area contributed by atoms with Crippen molar-refractivity contribution >= 4 is 11.7 Å². The lowest BCUT2D eigenvalue weighted by Crippen LogP contribution is -2.07. The van der Waals surface area contributed by atoms with Gasteiger partial charge in [-0.3, -0.25) is 4.79 Å². The zero-order chi connectivity index (χ0) is 17.4. The maximum Gasteiger partial charge on any atom is 0.306 e. The number of anilines is 1. The van der Waals surface area contributed by atoms with Gasteiger partial charge >= 0.3 is 5.97 Å². The first-order valence-electron chi connectivity index (χ1n) is 8.24. The number of aryl methyl sites for hydroxylation is 1. The first kappa shape index (κ1) is 17.8. The molecule has 128 valence electrons. The van der Waals surface area contributed by atoms with Gasteiger partial charge in [-0.2, -0.15) is 0 Å². The van der Waals surface area contributed by atoms with Crippen molar-refractivity contribution < 1.29 is 14.3 Å². The van der Waals surface area contributed by atoms with Crippen LogP contribution in [0, 0.1) is 0 Å². The molecule has 2 aromatic rings. The van der Waals surface area contributed by atoms with E-state index in [4.69, 9.17) is 9.47 Å². The van der Waals surface area contributed by atoms with Crippen molar-refractivity contribution in [3.05, 3.63) is 42.0 Å². The molecule has 0 saturated heterocycles. The third kappa shape index (κ3) is 4.72. The molecule has 0 saturated carbocycles. The van der Waals surface area contributed by atoms with Gasteiger partial charge in [0.15, 0.2) is 0 Å². The van der Waals surface area contributed by atoms with Crippen molar-refractivity contribution in [2.45, 2.75) is 26.7 Å². The number of aromatic nitrogens is 1. The third-order valence-corrected chi connectivity index (χ3v) is 3.57. The van der Waals surface area contributed by atoms with E-state index in [2.05, 4.69) is 10.3 Å². The minimum Gasteiger partial charge on any atom is -0.478 e. The summed E-state index contributed by atoms with van der Waals surface area (Å²) < 4.78 is 10.6. The molecule has 1 aromatic carbocycles. The Hall–Kier alpha value is -2.56. The zero-order valence-corrected chi connectivity index (χ0v) is 14.5. The Morgan fingerprint density at radius 3 is 2.71 bits per heavy atom. The summed E-state index contributed by atoms with van der Waals surface area (Å²) in [5.74, 6) is 0.375. The lowest BCUT2D eigenvalue weighted by atomic mass is 10.1. The summed E-state index contributed by atoms with van der Waals surface area (Å²) in [5, 5.41) is 3.12. The van der Waals surface area contributed by atoms with Crippen LogP contribution in [0.15, 0.2) is 36.4 Å². The fraction of sp³-hybridized carbons (Fsp3) is 0.368. The number of nitrogens with zero attached hydrogens (tertiary/aromatic N) is 1. The van der Waals surface area contributed by atoms with Crippen LogP contribution in [0.3, 0.4) is 0 Å². The highest BCUT2D eigenvalue weighted by atomic mass is 16.5. The van der Waals surface area contributed by atoms with Gasteiger partial charge in [0.1, 0.15) is 0 Å². The second-order valence-corrected chi connectivity index (χ2v) is 5.23. The summed E-state index contributed by atoms with van der Waals surface area (Å²) in [6.07, 6.45) is 0.877. The molecule has 1 aromatic heterocycles. The molecule has 0 fully saturated rings. The second-order valence-electron chi connectivity index (χ2n) is 5.23. The smallest absolute Gasteiger partial charge is 0.306 e. The van der Waals surface area contributed by atoms with Gasteiger partial charge in [0.05, 0.1) is 18.9 Å². The standard InChI is InChI=1S/C19H24N2O3/c1-4-23-18(22)12-10-14-9-11-17(21-19(14)24-5-2)15-7-6-8-16(13-15)20-3/h6-9,11,13,20H,4-5,10,12H2,1-3H3. The van der Waals surface area contributed by atoms with E-state index in [1.165, 1.54) is 0 Å². The van der Waals surface area contributed by atoms with E-state index in [1.807, 2.05) is 50.4 Å². The monoisotopic (exact) mass is 328 g/mol. The summed E-state index contributed by atoms with van der Waals surface area (Å²) in [4.78, 5) is 16.2. The number of nitrogens with one attached hydrogen (secondary N) is 1. The molecule has 0 aliphatic rings. The fourth-order valence-electron chi connectivity index (χ4n) is 2.39. The SMILES string of the molecule is CCOC(=O)CCc1ccc(-c2cccc(NC)c2)nc1OCC. The number of rotatable bonds is 8. The van der Waals surface area contributed by atoms with Crippen molar-refractivity contribution in [1.29, 1.82) is 0 Å². The summed E-state index contributed by atoms with van der Waals surface area (Å²) in [6.45, 7) is 4.65. The van der Waals surface area contributed by atoms with Gasteiger partial charge in [-0.25, -0.2) is 4.98 Å². The van der Waals surface area contributed by atoms with Crippen LogP contribution in [0.1, 0.15) is 25.8 Å². The van der Waals surface area contributed by atoms with Crippen LogP contribution in [-0.4, -0.2) is 31.2 Å². The molecular weight excluding hydrogens is 304 g/mol. The largest absolute Gasteiger partial charge is 0.478 e. The number of ether oxygens (including phenoxy) is 2. The topological polar surface area (TPSA) is 60.5 Å². The number of pyridine rings is 1. The van der Waals surface area contributed by atoms with E-state index < -0.39 is 0 Å². The van der Waals surface area contributed by atoms with E-state index in [0.29, 0.717) is 31.9 Å². The molecule has 0 radical (unpaired) electrons. The van der Waals surface area contributed by atoms with Crippen molar-refractivity contribution in [3.8, 4) is 17.1 Å². The van der Waals surface area contributed by atoms with E-state index in [0.717, 1.165) is 22.5 Å². The average Bonchev–Trinajstić information content (AvgIpc) is 2.61. The van der Waals surface area contributed by atoms with Crippen molar-refractivity contribution in [2.24, 2.45) is 0 Å². The van der Waals surface area contributed by atoms with Gasteiger partial charge < -0.3 is 14.8 Å². The Labute approximate surface area is 143 Å². The van der Waals surface area contributed by atoms with Crippen LogP contribution in [0.4, 0.5) is 5.69 Å². The van der Waals surface area contributed by atoms with E-state index in [9.17, 15) is 4.79 Å². The van der Waals surface area contributed by atoms with Crippen LogP contribution in [0.2, 0.25) is 0 Å². The van der Waals surface area contributed by atoms with Gasteiger partial charge in [0.25, 0.3) is 0 Å². The number of benzene rings is 1. The molecule has 1 heterocycles. The second kappa shape index (κ2) is 8.91. The first-order chi connectivity index (χ1) is 11.7. The van der Waals surface area contributed by atoms with Crippen molar-refractivity contribution in [1.82, 2.24) is 4.98 Å². The van der Waals surface area contributed by atoms with Gasteiger partial charge in [0.2, 0.25) is 5.88 Å². The molecule has 0 spiro atoms. The lowest BCUT2D eigenvalue weighted by Gasteiger charge is -2.12. The van der Waals surface area contributed by atoms with E-state index in [1.54, 1.807) is 6.92 Å². The van der Waals surface area contributed by atoms with Crippen LogP contribution in [0.5, 0.6) is 5.88 Å². The van der Waals surface area contributed by atoms with Gasteiger partial charge in [0, 0.05) is 30.3 Å². The van der Waals surface area contributed by atoms with Crippen molar-refractivity contribution in [3.63, 3.8) is 0 Å². The van der Waals surface area contributed by atoms with Crippen LogP contribution in [-0.2, 0) is 16.0 Å². The molecule has 0 aliphatic heterocycles. The van der Waals surface area contributed by atoms with Crippen LogP contribution >= 0.6 is 0 Å². The molecule has 5 heteroatoms. The van der Waals surface area contributed by atoms with E-state index in [-0.39, 0.29) is 5.97 Å². The molecule has 5 nitrogen and oxygen atoms in total. The third-order valence-electron chi connectivity index (χ3n) is 3.57. The van der Waals surface area contributed by atoms with Crippen LogP contribution in [0.25, 0.3) is 11.3 Å². The number of hydrogen-bond donors (Lipinski definition) is 1. The predicted octanol–water partition coefficient (Wildman–Crippen LogP) is 3.68. The average molecular weight is 328 g/mol. The maximum absolute atomic E-state index is 11.6. The first-order valence-corrected chi connectivity index (χ1v) is 8.24.